The van der Waals surface area contributed by atoms with E-state index in [1.54, 1.807) is 25.3 Å². The number of aromatic hydroxyl groups is 1. The lowest BCUT2D eigenvalue weighted by Gasteiger charge is -2.06. The molecule has 0 saturated heterocycles. The second-order valence-corrected chi connectivity index (χ2v) is 5.38. The average Bonchev–Trinajstić information content (AvgIpc) is 2.63. The number of aromatic nitrogens is 2. The van der Waals surface area contributed by atoms with E-state index in [-0.39, 0.29) is 5.75 Å². The normalized spacial score (nSPS) is 10.8. The zero-order valence-corrected chi connectivity index (χ0v) is 14.0. The summed E-state index contributed by atoms with van der Waals surface area (Å²) in [5.41, 5.74) is 5.98. The minimum Gasteiger partial charge on any atom is -0.507 e. The second kappa shape index (κ2) is 7.44. The van der Waals surface area contributed by atoms with E-state index in [0.29, 0.717) is 17.3 Å². The maximum atomic E-state index is 9.86. The first-order valence-corrected chi connectivity index (χ1v) is 7.73. The van der Waals surface area contributed by atoms with Gasteiger partial charge in [0.25, 0.3) is 0 Å². The molecule has 0 bridgehead atoms. The molecule has 0 spiro atoms. The molecule has 2 N–H and O–H groups in total. The maximum Gasteiger partial charge on any atom is 0.244 e. The van der Waals surface area contributed by atoms with E-state index in [4.69, 9.17) is 4.74 Å². The van der Waals surface area contributed by atoms with Crippen LogP contribution in [0.2, 0.25) is 0 Å². The largest absolute Gasteiger partial charge is 0.507 e. The van der Waals surface area contributed by atoms with Crippen LogP contribution in [0.4, 0.5) is 5.95 Å². The van der Waals surface area contributed by atoms with Gasteiger partial charge in [0, 0.05) is 16.8 Å². The van der Waals surface area contributed by atoms with Crippen molar-refractivity contribution in [3.63, 3.8) is 0 Å². The number of phenolic OH excluding ortho intramolecular Hbond substituents is 1. The highest BCUT2D eigenvalue weighted by Crippen LogP contribution is 2.21. The van der Waals surface area contributed by atoms with Crippen molar-refractivity contribution in [3.8, 4) is 22.8 Å². The van der Waals surface area contributed by atoms with E-state index < -0.39 is 0 Å². The molecule has 6 nitrogen and oxygen atoms in total. The molecule has 0 atom stereocenters. The molecule has 0 amide bonds. The summed E-state index contributed by atoms with van der Waals surface area (Å²) in [5.74, 6) is 1.14. The Morgan fingerprint density at radius 3 is 2.64 bits per heavy atom. The van der Waals surface area contributed by atoms with Gasteiger partial charge in [-0.1, -0.05) is 30.3 Å². The molecule has 0 aliphatic rings. The lowest BCUT2D eigenvalue weighted by molar-refractivity contribution is 0.412. The molecular weight excluding hydrogens is 316 g/mol. The fourth-order valence-electron chi connectivity index (χ4n) is 2.30. The number of rotatable bonds is 5. The molecule has 0 radical (unpaired) electrons. The Morgan fingerprint density at radius 1 is 1.08 bits per heavy atom. The molecule has 3 rings (SSSR count). The Kier molecular flexibility index (Phi) is 4.89. The Bertz CT molecular complexity index is 895. The number of methoxy groups -OCH3 is 1. The Hall–Kier alpha value is -3.41. The molecule has 0 fully saturated rings. The quantitative estimate of drug-likeness (QED) is 0.550. The third-order valence-electron chi connectivity index (χ3n) is 3.53. The summed E-state index contributed by atoms with van der Waals surface area (Å²) in [6.07, 6.45) is 1.49. The summed E-state index contributed by atoms with van der Waals surface area (Å²) in [7, 11) is 1.57. The van der Waals surface area contributed by atoms with Gasteiger partial charge in [-0.25, -0.2) is 15.4 Å². The first kappa shape index (κ1) is 16.4. The van der Waals surface area contributed by atoms with Gasteiger partial charge in [-0.15, -0.1) is 0 Å². The monoisotopic (exact) mass is 334 g/mol. The lowest BCUT2D eigenvalue weighted by Crippen LogP contribution is -2.00. The Balaban J connectivity index is 1.81. The summed E-state index contributed by atoms with van der Waals surface area (Å²) in [5, 5.41) is 14.0. The smallest absolute Gasteiger partial charge is 0.244 e. The van der Waals surface area contributed by atoms with E-state index in [1.807, 2.05) is 43.3 Å². The number of anilines is 1. The molecule has 3 aromatic rings. The van der Waals surface area contributed by atoms with Crippen LogP contribution in [0.25, 0.3) is 11.3 Å². The highest BCUT2D eigenvalue weighted by atomic mass is 16.5. The van der Waals surface area contributed by atoms with E-state index in [0.717, 1.165) is 17.0 Å². The molecule has 1 heterocycles. The van der Waals surface area contributed by atoms with E-state index in [1.165, 1.54) is 6.21 Å². The van der Waals surface area contributed by atoms with Gasteiger partial charge in [0.2, 0.25) is 5.95 Å². The molecule has 2 aromatic carbocycles. The van der Waals surface area contributed by atoms with Crippen LogP contribution in [0.5, 0.6) is 11.5 Å². The van der Waals surface area contributed by atoms with Gasteiger partial charge in [-0.2, -0.15) is 5.10 Å². The second-order valence-electron chi connectivity index (χ2n) is 5.38. The molecule has 0 aliphatic carbocycles. The molecular formula is C19H18N4O2. The van der Waals surface area contributed by atoms with E-state index >= 15 is 0 Å². The number of ether oxygens (including phenoxy) is 1. The summed E-state index contributed by atoms with van der Waals surface area (Å²) < 4.78 is 5.14. The molecule has 1 aromatic heterocycles. The number of nitrogens with one attached hydrogen (secondary N) is 1. The van der Waals surface area contributed by atoms with Crippen molar-refractivity contribution < 1.29 is 9.84 Å². The first-order valence-electron chi connectivity index (χ1n) is 7.73. The SMILES string of the molecule is COc1ccc(O)c(/C=N/Nc2nc(C)cc(-c3ccccc3)n2)c1. The maximum absolute atomic E-state index is 9.86. The summed E-state index contributed by atoms with van der Waals surface area (Å²) >= 11 is 0. The van der Waals surface area contributed by atoms with Gasteiger partial charge >= 0.3 is 0 Å². The van der Waals surface area contributed by atoms with Crippen molar-refractivity contribution in [1.82, 2.24) is 9.97 Å². The van der Waals surface area contributed by atoms with Gasteiger partial charge in [-0.05, 0) is 31.2 Å². The van der Waals surface area contributed by atoms with Gasteiger partial charge in [0.05, 0.1) is 19.0 Å². The van der Waals surface area contributed by atoms with E-state index in [9.17, 15) is 5.11 Å². The van der Waals surface area contributed by atoms with Crippen molar-refractivity contribution in [2.75, 3.05) is 12.5 Å². The summed E-state index contributed by atoms with van der Waals surface area (Å²) in [6, 6.07) is 16.7. The number of benzene rings is 2. The zero-order chi connectivity index (χ0) is 17.6. The van der Waals surface area contributed by atoms with Gasteiger partial charge < -0.3 is 9.84 Å². The predicted octanol–water partition coefficient (Wildman–Crippen LogP) is 3.61. The Labute approximate surface area is 145 Å². The molecule has 0 unspecified atom stereocenters. The Morgan fingerprint density at radius 2 is 1.88 bits per heavy atom. The number of hydrazone groups is 1. The van der Waals surface area contributed by atoms with Crippen molar-refractivity contribution in [1.29, 1.82) is 0 Å². The third kappa shape index (κ3) is 4.11. The molecule has 6 heteroatoms. The average molecular weight is 334 g/mol. The molecule has 25 heavy (non-hydrogen) atoms. The summed E-state index contributed by atoms with van der Waals surface area (Å²) in [6.45, 7) is 1.90. The van der Waals surface area contributed by atoms with Crippen LogP contribution >= 0.6 is 0 Å². The number of phenols is 1. The van der Waals surface area contributed by atoms with Crippen LogP contribution < -0.4 is 10.2 Å². The van der Waals surface area contributed by atoms with Crippen LogP contribution in [0.3, 0.4) is 0 Å². The number of aryl methyl sites for hydroxylation is 1. The van der Waals surface area contributed by atoms with E-state index in [2.05, 4.69) is 20.5 Å². The molecule has 126 valence electrons. The fourth-order valence-corrected chi connectivity index (χ4v) is 2.30. The zero-order valence-electron chi connectivity index (χ0n) is 14.0. The standard InChI is InChI=1S/C19H18N4O2/c1-13-10-17(14-6-4-3-5-7-14)22-19(21-13)23-20-12-15-11-16(25-2)8-9-18(15)24/h3-12,24H,1-2H3,(H,21,22,23)/b20-12+. The number of hydrogen-bond acceptors (Lipinski definition) is 6. The highest BCUT2D eigenvalue weighted by molar-refractivity contribution is 5.84. The summed E-state index contributed by atoms with van der Waals surface area (Å²) in [4.78, 5) is 8.79. The minimum absolute atomic E-state index is 0.112. The fraction of sp³-hybridized carbons (Fsp3) is 0.105. The van der Waals surface area contributed by atoms with Gasteiger partial charge in [-0.3, -0.25) is 0 Å². The molecule has 0 aliphatic heterocycles. The molecule has 0 saturated carbocycles. The van der Waals surface area contributed by atoms with Crippen LogP contribution in [0.15, 0.2) is 59.7 Å². The number of nitrogens with zero attached hydrogens (tertiary/aromatic N) is 3. The van der Waals surface area contributed by atoms with Crippen molar-refractivity contribution >= 4 is 12.2 Å². The topological polar surface area (TPSA) is 79.6 Å². The van der Waals surface area contributed by atoms with Gasteiger partial charge in [0.15, 0.2) is 0 Å². The predicted molar refractivity (Wildman–Crippen MR) is 98.1 cm³/mol. The van der Waals surface area contributed by atoms with Crippen LogP contribution in [-0.4, -0.2) is 28.4 Å². The number of hydrogen-bond donors (Lipinski definition) is 2. The van der Waals surface area contributed by atoms with Crippen molar-refractivity contribution in [2.45, 2.75) is 6.92 Å². The van der Waals surface area contributed by atoms with Crippen molar-refractivity contribution in [2.24, 2.45) is 5.10 Å². The third-order valence-corrected chi connectivity index (χ3v) is 3.53. The lowest BCUT2D eigenvalue weighted by atomic mass is 10.1. The first-order chi connectivity index (χ1) is 12.2. The highest BCUT2D eigenvalue weighted by Gasteiger charge is 2.04. The van der Waals surface area contributed by atoms with Crippen molar-refractivity contribution in [3.05, 3.63) is 65.9 Å². The van der Waals surface area contributed by atoms with Gasteiger partial charge in [0.1, 0.15) is 11.5 Å². The van der Waals surface area contributed by atoms with Crippen LogP contribution in [0.1, 0.15) is 11.3 Å². The minimum atomic E-state index is 0.112. The van der Waals surface area contributed by atoms with Crippen LogP contribution in [0, 0.1) is 6.92 Å². The van der Waals surface area contributed by atoms with Crippen LogP contribution in [-0.2, 0) is 0 Å².